The Labute approximate surface area is 143 Å². The monoisotopic (exact) mass is 464 g/mol. The lowest BCUT2D eigenvalue weighted by molar-refractivity contribution is -0.392. The van der Waals surface area contributed by atoms with Crippen molar-refractivity contribution in [3.8, 4) is 0 Å². The van der Waals surface area contributed by atoms with Gasteiger partial charge < -0.3 is 9.84 Å². The molecular formula is C13H19F6IO3. The van der Waals surface area contributed by atoms with Gasteiger partial charge in [-0.15, -0.1) is 0 Å². The first kappa shape index (κ1) is 22.7. The second-order valence-corrected chi connectivity index (χ2v) is 8.22. The molecule has 2 unspecified atom stereocenters. The van der Waals surface area contributed by atoms with Crippen LogP contribution in [-0.2, 0) is 9.53 Å². The normalized spacial score (nSPS) is 17.8. The molecule has 0 saturated carbocycles. The Kier molecular flexibility index (Phi) is 7.24. The first-order valence-electron chi connectivity index (χ1n) is 6.76. The molecule has 0 aliphatic carbocycles. The predicted molar refractivity (Wildman–Crippen MR) is 79.1 cm³/mol. The summed E-state index contributed by atoms with van der Waals surface area (Å²) < 4.78 is 81.0. The molecule has 3 nitrogen and oxygen atoms in total. The minimum Gasteiger partial charge on any atom is -0.458 e. The van der Waals surface area contributed by atoms with E-state index in [1.165, 1.54) is 27.7 Å². The van der Waals surface area contributed by atoms with Crippen molar-refractivity contribution in [1.82, 2.24) is 0 Å². The summed E-state index contributed by atoms with van der Waals surface area (Å²) in [5, 5.41) is 9.45. The van der Waals surface area contributed by atoms with Gasteiger partial charge in [-0.25, -0.2) is 0 Å². The molecule has 1 N–H and O–H groups in total. The smallest absolute Gasteiger partial charge is 0.430 e. The van der Waals surface area contributed by atoms with Crippen LogP contribution in [-0.4, -0.2) is 38.6 Å². The fraction of sp³-hybridized carbons (Fsp3) is 0.923. The van der Waals surface area contributed by atoms with E-state index in [1.54, 1.807) is 22.6 Å². The van der Waals surface area contributed by atoms with Gasteiger partial charge in [0.1, 0.15) is 9.53 Å². The number of hydrogen-bond acceptors (Lipinski definition) is 3. The quantitative estimate of drug-likeness (QED) is 0.275. The Morgan fingerprint density at radius 3 is 1.78 bits per heavy atom. The Balaban J connectivity index is 5.90. The third kappa shape index (κ3) is 5.10. The number of carbonyl (C=O) groups excluding carboxylic acids is 1. The summed E-state index contributed by atoms with van der Waals surface area (Å²) in [5.74, 6) is -1.91. The molecule has 10 heteroatoms. The average Bonchev–Trinajstić information content (AvgIpc) is 2.33. The standard InChI is InChI=1S/C13H19F6IO3/c1-5-10(4,20)9(21)23-8(6-7(2)3)11(22,12(14,15)16)13(17,18)19/h7-8,22H,5-6H2,1-4H3. The number of hydrogen-bond donors (Lipinski definition) is 1. The van der Waals surface area contributed by atoms with Gasteiger partial charge in [-0.1, -0.05) is 43.4 Å². The topological polar surface area (TPSA) is 46.5 Å². The minimum absolute atomic E-state index is 0.136. The van der Waals surface area contributed by atoms with Crippen LogP contribution in [0.1, 0.15) is 40.5 Å². The van der Waals surface area contributed by atoms with Crippen molar-refractivity contribution in [3.05, 3.63) is 0 Å². The SMILES string of the molecule is CCC(C)(I)C(=O)OC(CC(C)C)C(O)(C(F)(F)F)C(F)(F)F. The zero-order chi connectivity index (χ0) is 18.9. The molecule has 0 amide bonds. The van der Waals surface area contributed by atoms with Crippen LogP contribution in [0.25, 0.3) is 0 Å². The molecule has 0 aliphatic rings. The van der Waals surface area contributed by atoms with Crippen molar-refractivity contribution in [2.24, 2.45) is 5.92 Å². The van der Waals surface area contributed by atoms with Crippen molar-refractivity contribution in [2.75, 3.05) is 0 Å². The average molecular weight is 464 g/mol. The zero-order valence-corrected chi connectivity index (χ0v) is 15.1. The van der Waals surface area contributed by atoms with Gasteiger partial charge in [0.05, 0.1) is 0 Å². The van der Waals surface area contributed by atoms with Crippen molar-refractivity contribution >= 4 is 28.6 Å². The van der Waals surface area contributed by atoms with E-state index >= 15 is 0 Å². The largest absolute Gasteiger partial charge is 0.458 e. The van der Waals surface area contributed by atoms with Crippen LogP contribution in [0.2, 0.25) is 0 Å². The van der Waals surface area contributed by atoms with Gasteiger partial charge in [0.2, 0.25) is 0 Å². The molecule has 0 radical (unpaired) electrons. The van der Waals surface area contributed by atoms with Gasteiger partial charge in [-0.3, -0.25) is 4.79 Å². The third-order valence-corrected chi connectivity index (χ3v) is 4.56. The minimum atomic E-state index is -6.04. The molecule has 0 bridgehead atoms. The van der Waals surface area contributed by atoms with E-state index in [9.17, 15) is 36.2 Å². The van der Waals surface area contributed by atoms with E-state index in [4.69, 9.17) is 0 Å². The highest BCUT2D eigenvalue weighted by molar-refractivity contribution is 14.1. The first-order chi connectivity index (χ1) is 10.0. The third-order valence-electron chi connectivity index (χ3n) is 3.35. The van der Waals surface area contributed by atoms with Gasteiger partial charge in [-0.2, -0.15) is 26.3 Å². The summed E-state index contributed by atoms with van der Waals surface area (Å²) in [6.07, 6.45) is -15.5. The van der Waals surface area contributed by atoms with E-state index in [1.807, 2.05) is 0 Å². The first-order valence-corrected chi connectivity index (χ1v) is 7.84. The molecule has 0 saturated heterocycles. The Morgan fingerprint density at radius 1 is 1.13 bits per heavy atom. The van der Waals surface area contributed by atoms with Crippen LogP contribution in [0.15, 0.2) is 0 Å². The maximum absolute atomic E-state index is 13.0. The highest BCUT2D eigenvalue weighted by Crippen LogP contribution is 2.48. The van der Waals surface area contributed by atoms with Gasteiger partial charge >= 0.3 is 18.3 Å². The Hall–Kier alpha value is -0.260. The summed E-state index contributed by atoms with van der Waals surface area (Å²) >= 11 is 1.58. The van der Waals surface area contributed by atoms with Crippen molar-refractivity contribution in [3.63, 3.8) is 0 Å². The van der Waals surface area contributed by atoms with E-state index in [0.29, 0.717) is 0 Å². The van der Waals surface area contributed by atoms with E-state index in [-0.39, 0.29) is 6.42 Å². The molecule has 0 rings (SSSR count). The van der Waals surface area contributed by atoms with Crippen LogP contribution in [0.3, 0.4) is 0 Å². The molecule has 0 heterocycles. The number of esters is 1. The second-order valence-electron chi connectivity index (χ2n) is 5.84. The lowest BCUT2D eigenvalue weighted by Crippen LogP contribution is -2.65. The highest BCUT2D eigenvalue weighted by atomic mass is 127. The van der Waals surface area contributed by atoms with Crippen LogP contribution in [0.4, 0.5) is 26.3 Å². The summed E-state index contributed by atoms with van der Waals surface area (Å²) in [6, 6.07) is 0. The lowest BCUT2D eigenvalue weighted by atomic mass is 9.88. The van der Waals surface area contributed by atoms with Crippen LogP contribution < -0.4 is 0 Å². The number of carbonyl (C=O) groups is 1. The van der Waals surface area contributed by atoms with E-state index in [0.717, 1.165) is 0 Å². The lowest BCUT2D eigenvalue weighted by Gasteiger charge is -2.39. The molecule has 138 valence electrons. The van der Waals surface area contributed by atoms with Gasteiger partial charge in [0.25, 0.3) is 5.60 Å². The van der Waals surface area contributed by atoms with Crippen LogP contribution in [0, 0.1) is 5.92 Å². The maximum atomic E-state index is 13.0. The molecule has 0 aromatic heterocycles. The molecule has 2 atom stereocenters. The van der Waals surface area contributed by atoms with Crippen molar-refractivity contribution in [2.45, 2.75) is 68.0 Å². The molecule has 0 aromatic carbocycles. The Morgan fingerprint density at radius 2 is 1.52 bits per heavy atom. The molecule has 0 fully saturated rings. The maximum Gasteiger partial charge on any atom is 0.430 e. The van der Waals surface area contributed by atoms with E-state index < -0.39 is 45.8 Å². The number of rotatable bonds is 6. The summed E-state index contributed by atoms with van der Waals surface area (Å²) in [7, 11) is 0. The molecule has 0 spiro atoms. The summed E-state index contributed by atoms with van der Waals surface area (Å²) in [4.78, 5) is 11.9. The fourth-order valence-corrected chi connectivity index (χ4v) is 1.78. The summed E-state index contributed by atoms with van der Waals surface area (Å²) in [5.41, 5.74) is -5.12. The van der Waals surface area contributed by atoms with Gasteiger partial charge in [0, 0.05) is 0 Å². The van der Waals surface area contributed by atoms with E-state index in [2.05, 4.69) is 4.74 Å². The highest BCUT2D eigenvalue weighted by Gasteiger charge is 2.75. The number of aliphatic hydroxyl groups is 1. The molecule has 23 heavy (non-hydrogen) atoms. The molecule has 0 aromatic rings. The summed E-state index contributed by atoms with van der Waals surface area (Å²) in [6.45, 7) is 5.57. The van der Waals surface area contributed by atoms with Gasteiger partial charge in [0.15, 0.2) is 0 Å². The second kappa shape index (κ2) is 7.32. The Bertz CT molecular complexity index is 403. The number of halogens is 7. The van der Waals surface area contributed by atoms with Gasteiger partial charge in [-0.05, 0) is 25.7 Å². The van der Waals surface area contributed by atoms with Crippen molar-refractivity contribution in [1.29, 1.82) is 0 Å². The number of ether oxygens (including phenoxy) is 1. The zero-order valence-electron chi connectivity index (χ0n) is 13.0. The molecule has 0 aliphatic heterocycles. The van der Waals surface area contributed by atoms with Crippen LogP contribution >= 0.6 is 22.6 Å². The van der Waals surface area contributed by atoms with Crippen molar-refractivity contribution < 1.29 is 41.0 Å². The molecular weight excluding hydrogens is 445 g/mol. The van der Waals surface area contributed by atoms with Crippen LogP contribution in [0.5, 0.6) is 0 Å². The predicted octanol–water partition coefficient (Wildman–Crippen LogP) is 4.40. The fourth-order valence-electron chi connectivity index (χ4n) is 1.65. The number of alkyl halides is 7.